The van der Waals surface area contributed by atoms with Crippen LogP contribution in [-0.2, 0) is 0 Å². The fraction of sp³-hybridized carbons (Fsp3) is 1.00. The molecule has 2 nitrogen and oxygen atoms in total. The van der Waals surface area contributed by atoms with Crippen LogP contribution in [0, 0.1) is 11.3 Å². The van der Waals surface area contributed by atoms with Crippen molar-refractivity contribution in [3.63, 3.8) is 0 Å². The summed E-state index contributed by atoms with van der Waals surface area (Å²) in [6, 6.07) is 0.772. The first-order chi connectivity index (χ1) is 8.11. The minimum absolute atomic E-state index is 0.613. The van der Waals surface area contributed by atoms with Crippen molar-refractivity contribution in [3.8, 4) is 0 Å². The minimum atomic E-state index is 0.613. The summed E-state index contributed by atoms with van der Waals surface area (Å²) in [7, 11) is 0. The van der Waals surface area contributed by atoms with Crippen molar-refractivity contribution >= 4 is 0 Å². The van der Waals surface area contributed by atoms with Crippen LogP contribution in [0.5, 0.6) is 0 Å². The summed E-state index contributed by atoms with van der Waals surface area (Å²) in [5.74, 6) is 0.826. The smallest absolute Gasteiger partial charge is 0.00696 e. The van der Waals surface area contributed by atoms with Gasteiger partial charge in [0.1, 0.15) is 0 Å². The van der Waals surface area contributed by atoms with E-state index < -0.39 is 0 Å². The van der Waals surface area contributed by atoms with Gasteiger partial charge < -0.3 is 10.2 Å². The quantitative estimate of drug-likeness (QED) is 0.813. The molecule has 2 aliphatic rings. The average molecular weight is 238 g/mol. The molecule has 2 rings (SSSR count). The Morgan fingerprint density at radius 3 is 2.59 bits per heavy atom. The van der Waals surface area contributed by atoms with Crippen LogP contribution in [0.2, 0.25) is 0 Å². The predicted molar refractivity (Wildman–Crippen MR) is 74.3 cm³/mol. The first kappa shape index (κ1) is 13.4. The summed E-state index contributed by atoms with van der Waals surface area (Å²) >= 11 is 0. The topological polar surface area (TPSA) is 15.3 Å². The molecule has 0 aromatic carbocycles. The van der Waals surface area contributed by atoms with Crippen molar-refractivity contribution in [2.75, 3.05) is 26.2 Å². The Bertz CT molecular complexity index is 226. The van der Waals surface area contributed by atoms with Crippen molar-refractivity contribution in [2.45, 2.75) is 58.9 Å². The molecule has 1 spiro atoms. The molecule has 0 aromatic rings. The highest BCUT2D eigenvalue weighted by atomic mass is 15.2. The molecule has 2 fully saturated rings. The zero-order valence-electron chi connectivity index (χ0n) is 12.0. The van der Waals surface area contributed by atoms with Gasteiger partial charge in [0.2, 0.25) is 0 Å². The SMILES string of the molecule is CC(C)CC(C)N1CCCC2(CCCNC2)C1. The molecule has 0 radical (unpaired) electrons. The standard InChI is InChI=1S/C15H30N2/c1-13(2)10-14(3)17-9-5-7-15(12-17)6-4-8-16-11-15/h13-14,16H,4-12H2,1-3H3. The van der Waals surface area contributed by atoms with Crippen molar-refractivity contribution in [3.05, 3.63) is 0 Å². The lowest BCUT2D eigenvalue weighted by Gasteiger charge is -2.47. The van der Waals surface area contributed by atoms with Gasteiger partial charge in [0.25, 0.3) is 0 Å². The van der Waals surface area contributed by atoms with Gasteiger partial charge in [0.15, 0.2) is 0 Å². The normalized spacial score (nSPS) is 33.2. The Kier molecular flexibility index (Phi) is 4.48. The number of piperidine rings is 2. The summed E-state index contributed by atoms with van der Waals surface area (Å²) in [5.41, 5.74) is 0.613. The van der Waals surface area contributed by atoms with E-state index in [0.29, 0.717) is 5.41 Å². The van der Waals surface area contributed by atoms with E-state index in [2.05, 4.69) is 31.0 Å². The van der Waals surface area contributed by atoms with E-state index in [9.17, 15) is 0 Å². The minimum Gasteiger partial charge on any atom is -0.316 e. The molecule has 1 N–H and O–H groups in total. The summed E-state index contributed by atoms with van der Waals surface area (Å²) in [6.45, 7) is 12.3. The van der Waals surface area contributed by atoms with Crippen molar-refractivity contribution in [1.29, 1.82) is 0 Å². The zero-order chi connectivity index (χ0) is 12.3. The largest absolute Gasteiger partial charge is 0.316 e. The second-order valence-corrected chi connectivity index (χ2v) is 6.83. The maximum atomic E-state index is 3.62. The zero-order valence-corrected chi connectivity index (χ0v) is 12.0. The molecule has 2 atom stereocenters. The third-order valence-corrected chi connectivity index (χ3v) is 4.69. The van der Waals surface area contributed by atoms with Crippen LogP contribution in [0.15, 0.2) is 0 Å². The lowest BCUT2D eigenvalue weighted by Crippen LogP contribution is -2.53. The highest BCUT2D eigenvalue weighted by Crippen LogP contribution is 2.36. The third kappa shape index (κ3) is 3.45. The highest BCUT2D eigenvalue weighted by molar-refractivity contribution is 4.92. The second kappa shape index (κ2) is 5.71. The van der Waals surface area contributed by atoms with Crippen LogP contribution >= 0.6 is 0 Å². The lowest BCUT2D eigenvalue weighted by atomic mass is 9.74. The fourth-order valence-electron chi connectivity index (χ4n) is 3.83. The summed E-state index contributed by atoms with van der Waals surface area (Å²) in [6.07, 6.45) is 7.04. The Morgan fingerprint density at radius 2 is 1.94 bits per heavy atom. The Hall–Kier alpha value is -0.0800. The van der Waals surface area contributed by atoms with E-state index in [1.165, 1.54) is 58.3 Å². The number of hydrogen-bond acceptors (Lipinski definition) is 2. The van der Waals surface area contributed by atoms with Crippen molar-refractivity contribution in [1.82, 2.24) is 10.2 Å². The molecule has 2 aliphatic heterocycles. The van der Waals surface area contributed by atoms with Crippen LogP contribution in [-0.4, -0.2) is 37.1 Å². The van der Waals surface area contributed by atoms with Gasteiger partial charge in [-0.15, -0.1) is 0 Å². The molecule has 100 valence electrons. The molecule has 2 saturated heterocycles. The first-order valence-electron chi connectivity index (χ1n) is 7.56. The summed E-state index contributed by atoms with van der Waals surface area (Å²) in [5, 5.41) is 3.62. The molecule has 0 bridgehead atoms. The summed E-state index contributed by atoms with van der Waals surface area (Å²) < 4.78 is 0. The first-order valence-corrected chi connectivity index (χ1v) is 7.56. The molecule has 2 heterocycles. The average Bonchev–Trinajstić information content (AvgIpc) is 2.29. The van der Waals surface area contributed by atoms with Gasteiger partial charge in [-0.2, -0.15) is 0 Å². The van der Waals surface area contributed by atoms with Crippen LogP contribution in [0.1, 0.15) is 52.9 Å². The van der Waals surface area contributed by atoms with Crippen molar-refractivity contribution in [2.24, 2.45) is 11.3 Å². The van der Waals surface area contributed by atoms with E-state index in [1.54, 1.807) is 0 Å². The molecule has 0 saturated carbocycles. The molecular weight excluding hydrogens is 208 g/mol. The maximum absolute atomic E-state index is 3.62. The second-order valence-electron chi connectivity index (χ2n) is 6.83. The van der Waals surface area contributed by atoms with Gasteiger partial charge in [-0.1, -0.05) is 13.8 Å². The maximum Gasteiger partial charge on any atom is 0.00696 e. The van der Waals surface area contributed by atoms with Crippen LogP contribution < -0.4 is 5.32 Å². The van der Waals surface area contributed by atoms with E-state index >= 15 is 0 Å². The molecule has 0 amide bonds. The number of likely N-dealkylation sites (tertiary alicyclic amines) is 1. The van der Waals surface area contributed by atoms with Crippen LogP contribution in [0.4, 0.5) is 0 Å². The Labute approximate surface area is 107 Å². The molecular formula is C15H30N2. The van der Waals surface area contributed by atoms with Crippen LogP contribution in [0.3, 0.4) is 0 Å². The molecule has 2 unspecified atom stereocenters. The lowest BCUT2D eigenvalue weighted by molar-refractivity contribution is 0.0366. The molecule has 17 heavy (non-hydrogen) atoms. The Balaban J connectivity index is 1.91. The van der Waals surface area contributed by atoms with Gasteiger partial charge in [-0.25, -0.2) is 0 Å². The van der Waals surface area contributed by atoms with E-state index in [0.717, 1.165) is 12.0 Å². The van der Waals surface area contributed by atoms with Crippen molar-refractivity contribution < 1.29 is 0 Å². The van der Waals surface area contributed by atoms with Gasteiger partial charge in [-0.05, 0) is 63.5 Å². The van der Waals surface area contributed by atoms with E-state index in [4.69, 9.17) is 0 Å². The Morgan fingerprint density at radius 1 is 1.18 bits per heavy atom. The number of rotatable bonds is 3. The monoisotopic (exact) mass is 238 g/mol. The van der Waals surface area contributed by atoms with Gasteiger partial charge in [-0.3, -0.25) is 0 Å². The van der Waals surface area contributed by atoms with Crippen LogP contribution in [0.25, 0.3) is 0 Å². The predicted octanol–water partition coefficient (Wildman–Crippen LogP) is 2.89. The van der Waals surface area contributed by atoms with E-state index in [-0.39, 0.29) is 0 Å². The molecule has 2 heteroatoms. The summed E-state index contributed by atoms with van der Waals surface area (Å²) in [4.78, 5) is 2.76. The van der Waals surface area contributed by atoms with Gasteiger partial charge in [0.05, 0.1) is 0 Å². The molecule has 0 aromatic heterocycles. The number of hydrogen-bond donors (Lipinski definition) is 1. The number of nitrogens with one attached hydrogen (secondary N) is 1. The highest BCUT2D eigenvalue weighted by Gasteiger charge is 2.37. The fourth-order valence-corrected chi connectivity index (χ4v) is 3.83. The third-order valence-electron chi connectivity index (χ3n) is 4.69. The van der Waals surface area contributed by atoms with Gasteiger partial charge in [0, 0.05) is 19.1 Å². The van der Waals surface area contributed by atoms with Gasteiger partial charge >= 0.3 is 0 Å². The van der Waals surface area contributed by atoms with E-state index in [1.807, 2.05) is 0 Å². The number of nitrogens with zero attached hydrogens (tertiary/aromatic N) is 1. The molecule has 0 aliphatic carbocycles.